The van der Waals surface area contributed by atoms with Crippen molar-refractivity contribution in [3.63, 3.8) is 0 Å². The van der Waals surface area contributed by atoms with Gasteiger partial charge >= 0.3 is 0 Å². The molecule has 2 aromatic heterocycles. The average molecular weight is 333 g/mol. The normalized spacial score (nSPS) is 13.5. The maximum Gasteiger partial charge on any atom is 0.261 e. The number of carbonyl (C=O) groups is 2. The highest BCUT2D eigenvalue weighted by molar-refractivity contribution is 6.07. The molecule has 124 valence electrons. The quantitative estimate of drug-likeness (QED) is 0.754. The SMILES string of the molecule is O=C1CCCc2[nH]c(=O)c(C(=O)Nc3ccc4ncccc4c3)cc21. The van der Waals surface area contributed by atoms with Gasteiger partial charge in [-0.3, -0.25) is 19.4 Å². The number of aromatic amines is 1. The zero-order chi connectivity index (χ0) is 17.4. The molecule has 25 heavy (non-hydrogen) atoms. The first-order chi connectivity index (χ1) is 12.1. The van der Waals surface area contributed by atoms with Crippen molar-refractivity contribution < 1.29 is 9.59 Å². The van der Waals surface area contributed by atoms with E-state index in [2.05, 4.69) is 15.3 Å². The topological polar surface area (TPSA) is 91.9 Å². The third-order valence-electron chi connectivity index (χ3n) is 4.36. The van der Waals surface area contributed by atoms with Gasteiger partial charge in [-0.15, -0.1) is 0 Å². The van der Waals surface area contributed by atoms with Crippen LogP contribution in [0.1, 0.15) is 39.3 Å². The van der Waals surface area contributed by atoms with Gasteiger partial charge in [0.1, 0.15) is 5.56 Å². The van der Waals surface area contributed by atoms with Gasteiger partial charge in [-0.25, -0.2) is 0 Å². The van der Waals surface area contributed by atoms with Crippen LogP contribution in [0.5, 0.6) is 0 Å². The lowest BCUT2D eigenvalue weighted by molar-refractivity contribution is 0.0971. The Hall–Kier alpha value is -3.28. The molecule has 0 fully saturated rings. The number of benzene rings is 1. The number of H-pyrrole nitrogens is 1. The van der Waals surface area contributed by atoms with E-state index in [1.807, 2.05) is 12.1 Å². The Morgan fingerprint density at radius 1 is 1.12 bits per heavy atom. The van der Waals surface area contributed by atoms with Crippen LogP contribution in [0.25, 0.3) is 10.9 Å². The molecule has 4 rings (SSSR count). The van der Waals surface area contributed by atoms with Crippen LogP contribution in [-0.2, 0) is 6.42 Å². The van der Waals surface area contributed by atoms with Gasteiger partial charge < -0.3 is 10.3 Å². The number of rotatable bonds is 2. The van der Waals surface area contributed by atoms with Gasteiger partial charge in [0.05, 0.1) is 5.52 Å². The molecule has 2 heterocycles. The van der Waals surface area contributed by atoms with Crippen LogP contribution in [0, 0.1) is 0 Å². The molecule has 6 nitrogen and oxygen atoms in total. The first-order valence-electron chi connectivity index (χ1n) is 8.07. The van der Waals surface area contributed by atoms with Crippen molar-refractivity contribution in [1.29, 1.82) is 0 Å². The minimum absolute atomic E-state index is 0.0386. The number of nitrogens with zero attached hydrogens (tertiary/aromatic N) is 1. The maximum absolute atomic E-state index is 12.5. The summed E-state index contributed by atoms with van der Waals surface area (Å²) in [6.45, 7) is 0. The second-order valence-electron chi connectivity index (χ2n) is 6.05. The number of carbonyl (C=O) groups excluding carboxylic acids is 2. The third-order valence-corrected chi connectivity index (χ3v) is 4.36. The third kappa shape index (κ3) is 2.82. The number of Topliss-reactive ketones (excluding diaryl/α,β-unsaturated/α-hetero) is 1. The largest absolute Gasteiger partial charge is 0.325 e. The Morgan fingerprint density at radius 2 is 2.00 bits per heavy atom. The summed E-state index contributed by atoms with van der Waals surface area (Å²) in [6, 6.07) is 10.4. The standard InChI is InChI=1S/C19H15N3O3/c23-17-5-1-4-16-13(17)10-14(19(25)22-16)18(24)21-12-6-7-15-11(9-12)3-2-8-20-15/h2-3,6-10H,1,4-5H2,(H,21,24)(H,22,25). The lowest BCUT2D eigenvalue weighted by Crippen LogP contribution is -2.27. The molecule has 1 aliphatic rings. The van der Waals surface area contributed by atoms with Crippen molar-refractivity contribution in [1.82, 2.24) is 9.97 Å². The fourth-order valence-corrected chi connectivity index (χ4v) is 3.10. The number of ketones is 1. The number of hydrogen-bond acceptors (Lipinski definition) is 4. The summed E-state index contributed by atoms with van der Waals surface area (Å²) >= 11 is 0. The van der Waals surface area contributed by atoms with Gasteiger partial charge in [0.2, 0.25) is 0 Å². The molecule has 0 aliphatic heterocycles. The van der Waals surface area contributed by atoms with E-state index in [-0.39, 0.29) is 11.3 Å². The average Bonchev–Trinajstić information content (AvgIpc) is 2.61. The number of nitrogens with one attached hydrogen (secondary N) is 2. The van der Waals surface area contributed by atoms with Crippen LogP contribution in [0.4, 0.5) is 5.69 Å². The predicted molar refractivity (Wildman–Crippen MR) is 94.0 cm³/mol. The summed E-state index contributed by atoms with van der Waals surface area (Å²) in [7, 11) is 0. The summed E-state index contributed by atoms with van der Waals surface area (Å²) in [5.74, 6) is -0.575. The first-order valence-corrected chi connectivity index (χ1v) is 8.07. The molecule has 1 amide bonds. The van der Waals surface area contributed by atoms with E-state index in [0.29, 0.717) is 29.8 Å². The molecule has 0 atom stereocenters. The second-order valence-corrected chi connectivity index (χ2v) is 6.05. The molecule has 1 aliphatic carbocycles. The molecule has 0 saturated carbocycles. The molecule has 0 spiro atoms. The molecule has 0 saturated heterocycles. The van der Waals surface area contributed by atoms with Gasteiger partial charge in [-0.2, -0.15) is 0 Å². The van der Waals surface area contributed by atoms with Gasteiger partial charge in [0.25, 0.3) is 11.5 Å². The fourth-order valence-electron chi connectivity index (χ4n) is 3.10. The van der Waals surface area contributed by atoms with E-state index in [1.165, 1.54) is 6.07 Å². The van der Waals surface area contributed by atoms with Crippen LogP contribution in [0.2, 0.25) is 0 Å². The Balaban J connectivity index is 1.67. The van der Waals surface area contributed by atoms with Crippen LogP contribution in [0.15, 0.2) is 47.4 Å². The van der Waals surface area contributed by atoms with Crippen LogP contribution in [-0.4, -0.2) is 21.7 Å². The van der Waals surface area contributed by atoms with E-state index in [1.54, 1.807) is 24.4 Å². The lowest BCUT2D eigenvalue weighted by Gasteiger charge is -2.15. The minimum Gasteiger partial charge on any atom is -0.325 e. The predicted octanol–water partition coefficient (Wildman–Crippen LogP) is 2.69. The van der Waals surface area contributed by atoms with E-state index < -0.39 is 11.5 Å². The molecular formula is C19H15N3O3. The summed E-state index contributed by atoms with van der Waals surface area (Å²) in [4.78, 5) is 43.6. The number of pyridine rings is 2. The highest BCUT2D eigenvalue weighted by atomic mass is 16.2. The highest BCUT2D eigenvalue weighted by Gasteiger charge is 2.22. The Kier molecular flexibility index (Phi) is 3.65. The Bertz CT molecular complexity index is 1070. The van der Waals surface area contributed by atoms with E-state index >= 15 is 0 Å². The zero-order valence-electron chi connectivity index (χ0n) is 13.3. The monoisotopic (exact) mass is 333 g/mol. The Labute approximate surface area is 142 Å². The van der Waals surface area contributed by atoms with Crippen LogP contribution >= 0.6 is 0 Å². The number of fused-ring (bicyclic) bond motifs is 2. The summed E-state index contributed by atoms with van der Waals surface area (Å²) in [5, 5.41) is 3.60. The highest BCUT2D eigenvalue weighted by Crippen LogP contribution is 2.20. The van der Waals surface area contributed by atoms with Crippen molar-refractivity contribution in [2.24, 2.45) is 0 Å². The second kappa shape index (κ2) is 5.98. The summed E-state index contributed by atoms with van der Waals surface area (Å²) in [6.07, 6.45) is 3.51. The molecule has 1 aromatic carbocycles. The van der Waals surface area contributed by atoms with E-state index in [4.69, 9.17) is 0 Å². The number of anilines is 1. The van der Waals surface area contributed by atoms with Crippen molar-refractivity contribution in [3.8, 4) is 0 Å². The number of amides is 1. The van der Waals surface area contributed by atoms with E-state index in [0.717, 1.165) is 17.3 Å². The van der Waals surface area contributed by atoms with Gasteiger partial charge in [-0.05, 0) is 43.2 Å². The van der Waals surface area contributed by atoms with Crippen molar-refractivity contribution in [2.75, 3.05) is 5.32 Å². The van der Waals surface area contributed by atoms with E-state index in [9.17, 15) is 14.4 Å². The van der Waals surface area contributed by atoms with Crippen molar-refractivity contribution in [2.45, 2.75) is 19.3 Å². The van der Waals surface area contributed by atoms with Crippen LogP contribution < -0.4 is 10.9 Å². The first kappa shape index (κ1) is 15.3. The zero-order valence-corrected chi connectivity index (χ0v) is 13.3. The van der Waals surface area contributed by atoms with Gasteiger partial charge in [0.15, 0.2) is 5.78 Å². The molecule has 2 N–H and O–H groups in total. The number of hydrogen-bond donors (Lipinski definition) is 2. The molecule has 0 bridgehead atoms. The molecule has 3 aromatic rings. The van der Waals surface area contributed by atoms with Gasteiger partial charge in [-0.1, -0.05) is 6.07 Å². The lowest BCUT2D eigenvalue weighted by atomic mass is 9.93. The molecular weight excluding hydrogens is 318 g/mol. The number of aromatic nitrogens is 2. The molecule has 6 heteroatoms. The Morgan fingerprint density at radius 3 is 2.88 bits per heavy atom. The smallest absolute Gasteiger partial charge is 0.261 e. The number of aryl methyl sites for hydroxylation is 1. The van der Waals surface area contributed by atoms with Crippen molar-refractivity contribution in [3.05, 3.63) is 69.8 Å². The van der Waals surface area contributed by atoms with Crippen LogP contribution in [0.3, 0.4) is 0 Å². The summed E-state index contributed by atoms with van der Waals surface area (Å²) < 4.78 is 0. The van der Waals surface area contributed by atoms with Gasteiger partial charge in [0, 0.05) is 34.9 Å². The van der Waals surface area contributed by atoms with Crippen molar-refractivity contribution >= 4 is 28.3 Å². The molecule has 0 unspecified atom stereocenters. The molecule has 0 radical (unpaired) electrons. The maximum atomic E-state index is 12.5. The summed E-state index contributed by atoms with van der Waals surface area (Å²) in [5.41, 5.74) is 1.91. The fraction of sp³-hybridized carbons (Fsp3) is 0.158. The minimum atomic E-state index is -0.536.